The Labute approximate surface area is 67.7 Å². The lowest BCUT2D eigenvalue weighted by atomic mass is 9.81. The van der Waals surface area contributed by atoms with Crippen molar-refractivity contribution in [3.8, 4) is 0 Å². The summed E-state index contributed by atoms with van der Waals surface area (Å²) < 4.78 is 5.38. The predicted octanol–water partition coefficient (Wildman–Crippen LogP) is 2.86. The number of rotatable bonds is 2. The van der Waals surface area contributed by atoms with E-state index in [9.17, 15) is 0 Å². The Balaban J connectivity index is 2.44. The highest BCUT2D eigenvalue weighted by molar-refractivity contribution is 7.94. The first-order valence-electron chi connectivity index (χ1n) is 4.07. The molecule has 10 heavy (non-hydrogen) atoms. The minimum Gasteiger partial charge on any atom is -0.315 e. The van der Waals surface area contributed by atoms with Crippen LogP contribution in [0.25, 0.3) is 0 Å². The van der Waals surface area contributed by atoms with Crippen LogP contribution in [-0.4, -0.2) is 12.4 Å². The maximum Gasteiger partial charge on any atom is 0.0670 e. The van der Waals surface area contributed by atoms with E-state index in [2.05, 4.69) is 13.8 Å². The zero-order valence-corrected chi connectivity index (χ0v) is 7.67. The second kappa shape index (κ2) is 3.63. The van der Waals surface area contributed by atoms with Gasteiger partial charge in [-0.3, -0.25) is 0 Å². The minimum atomic E-state index is 0.519. The Morgan fingerprint density at radius 1 is 1.40 bits per heavy atom. The molecule has 1 nitrogen and oxygen atoms in total. The lowest BCUT2D eigenvalue weighted by molar-refractivity contribution is 0.132. The average Bonchev–Trinajstić information content (AvgIpc) is 2.06. The molecular weight excluding hydrogens is 144 g/mol. The van der Waals surface area contributed by atoms with E-state index < -0.39 is 0 Å². The lowest BCUT2D eigenvalue weighted by Crippen LogP contribution is -2.28. The summed E-state index contributed by atoms with van der Waals surface area (Å²) in [5.74, 6) is 1.18. The van der Waals surface area contributed by atoms with Gasteiger partial charge in [0.1, 0.15) is 0 Å². The van der Waals surface area contributed by atoms with E-state index >= 15 is 0 Å². The van der Waals surface area contributed by atoms with Crippen molar-refractivity contribution >= 4 is 12.0 Å². The Kier molecular flexibility index (Phi) is 3.05. The molecule has 0 amide bonds. The van der Waals surface area contributed by atoms with Crippen molar-refractivity contribution in [2.75, 3.05) is 12.4 Å². The second-order valence-electron chi connectivity index (χ2n) is 3.04. The highest BCUT2D eigenvalue weighted by Crippen LogP contribution is 2.37. The first-order chi connectivity index (χ1) is 4.83. The van der Waals surface area contributed by atoms with Crippen molar-refractivity contribution in [2.45, 2.75) is 33.1 Å². The summed E-state index contributed by atoms with van der Waals surface area (Å²) in [5.41, 5.74) is 0.519. The fraction of sp³-hybridized carbons (Fsp3) is 1.00. The molecule has 0 bridgehead atoms. The van der Waals surface area contributed by atoms with Crippen molar-refractivity contribution in [2.24, 2.45) is 5.41 Å². The van der Waals surface area contributed by atoms with Gasteiger partial charge in [0.05, 0.1) is 6.61 Å². The Bertz CT molecular complexity index is 91.4. The van der Waals surface area contributed by atoms with Crippen LogP contribution in [0, 0.1) is 5.41 Å². The van der Waals surface area contributed by atoms with Crippen molar-refractivity contribution in [3.63, 3.8) is 0 Å². The molecule has 1 saturated heterocycles. The number of hydrogen-bond acceptors (Lipinski definition) is 2. The molecule has 1 rings (SSSR count). The first kappa shape index (κ1) is 8.41. The summed E-state index contributed by atoms with van der Waals surface area (Å²) in [4.78, 5) is 0. The molecule has 0 saturated carbocycles. The third-order valence-corrected chi connectivity index (χ3v) is 3.32. The quantitative estimate of drug-likeness (QED) is 0.574. The smallest absolute Gasteiger partial charge is 0.0670 e. The van der Waals surface area contributed by atoms with E-state index in [0.717, 1.165) is 6.61 Å². The van der Waals surface area contributed by atoms with E-state index in [0.29, 0.717) is 5.41 Å². The van der Waals surface area contributed by atoms with Crippen LogP contribution >= 0.6 is 12.0 Å². The van der Waals surface area contributed by atoms with Gasteiger partial charge in [-0.15, -0.1) is 0 Å². The monoisotopic (exact) mass is 160 g/mol. The van der Waals surface area contributed by atoms with Gasteiger partial charge in [-0.25, -0.2) is 0 Å². The van der Waals surface area contributed by atoms with Crippen molar-refractivity contribution in [1.29, 1.82) is 0 Å². The fourth-order valence-electron chi connectivity index (χ4n) is 1.36. The van der Waals surface area contributed by atoms with E-state index in [4.69, 9.17) is 4.18 Å². The molecule has 0 unspecified atom stereocenters. The molecule has 0 radical (unpaired) electrons. The van der Waals surface area contributed by atoms with Gasteiger partial charge in [0.15, 0.2) is 0 Å². The normalized spacial score (nSPS) is 24.6. The molecule has 0 aromatic carbocycles. The molecule has 0 N–H and O–H groups in total. The summed E-state index contributed by atoms with van der Waals surface area (Å²) in [6, 6.07) is 0. The van der Waals surface area contributed by atoms with Gasteiger partial charge in [0.25, 0.3) is 0 Å². The zero-order valence-electron chi connectivity index (χ0n) is 6.85. The Hall–Kier alpha value is 0.310. The summed E-state index contributed by atoms with van der Waals surface area (Å²) in [7, 11) is 0. The highest BCUT2D eigenvalue weighted by Gasteiger charge is 2.29. The lowest BCUT2D eigenvalue weighted by Gasteiger charge is -2.34. The van der Waals surface area contributed by atoms with Crippen LogP contribution < -0.4 is 0 Å². The van der Waals surface area contributed by atoms with Gasteiger partial charge in [-0.1, -0.05) is 13.8 Å². The molecule has 2 heteroatoms. The third kappa shape index (κ3) is 1.67. The molecular formula is C8H16OS. The van der Waals surface area contributed by atoms with Crippen LogP contribution in [0.1, 0.15) is 33.1 Å². The number of hydrogen-bond donors (Lipinski definition) is 0. The molecule has 1 heterocycles. The summed E-state index contributed by atoms with van der Waals surface area (Å²) in [6.07, 6.45) is 3.87. The molecule has 1 aliphatic rings. The van der Waals surface area contributed by atoms with Crippen LogP contribution in [-0.2, 0) is 4.18 Å². The van der Waals surface area contributed by atoms with E-state index in [1.54, 1.807) is 12.0 Å². The largest absolute Gasteiger partial charge is 0.315 e. The van der Waals surface area contributed by atoms with Gasteiger partial charge in [0.2, 0.25) is 0 Å². The van der Waals surface area contributed by atoms with Gasteiger partial charge >= 0.3 is 0 Å². The van der Waals surface area contributed by atoms with E-state index in [-0.39, 0.29) is 0 Å². The topological polar surface area (TPSA) is 9.23 Å². The van der Waals surface area contributed by atoms with Crippen LogP contribution in [0.15, 0.2) is 0 Å². The molecule has 0 atom stereocenters. The van der Waals surface area contributed by atoms with Gasteiger partial charge < -0.3 is 4.18 Å². The maximum atomic E-state index is 5.38. The second-order valence-corrected chi connectivity index (χ2v) is 3.92. The third-order valence-electron chi connectivity index (χ3n) is 2.66. The van der Waals surface area contributed by atoms with Crippen LogP contribution in [0.2, 0.25) is 0 Å². The summed E-state index contributed by atoms with van der Waals surface area (Å²) >= 11 is 1.63. The minimum absolute atomic E-state index is 0.519. The highest BCUT2D eigenvalue weighted by atomic mass is 32.2. The summed E-state index contributed by atoms with van der Waals surface area (Å²) in [5, 5.41) is 0. The van der Waals surface area contributed by atoms with Crippen molar-refractivity contribution in [1.82, 2.24) is 0 Å². The van der Waals surface area contributed by atoms with E-state index in [1.807, 2.05) is 0 Å². The Morgan fingerprint density at radius 2 is 2.10 bits per heavy atom. The molecule has 0 aromatic heterocycles. The molecule has 60 valence electrons. The molecule has 1 aliphatic heterocycles. The average molecular weight is 160 g/mol. The SMILES string of the molecule is CCC1(CC)CCSOC1. The zero-order chi connectivity index (χ0) is 7.45. The van der Waals surface area contributed by atoms with Crippen LogP contribution in [0.3, 0.4) is 0 Å². The summed E-state index contributed by atoms with van der Waals surface area (Å²) in [6.45, 7) is 5.50. The van der Waals surface area contributed by atoms with Crippen molar-refractivity contribution < 1.29 is 4.18 Å². The van der Waals surface area contributed by atoms with Gasteiger partial charge in [-0.2, -0.15) is 0 Å². The first-order valence-corrected chi connectivity index (χ1v) is 4.98. The van der Waals surface area contributed by atoms with Crippen LogP contribution in [0.4, 0.5) is 0 Å². The fourth-order valence-corrected chi connectivity index (χ4v) is 2.33. The van der Waals surface area contributed by atoms with Crippen molar-refractivity contribution in [3.05, 3.63) is 0 Å². The molecule has 0 aromatic rings. The standard InChI is InChI=1S/C8H16OS/c1-3-8(4-2)5-6-10-9-7-8/h3-7H2,1-2H3. The van der Waals surface area contributed by atoms with Gasteiger partial charge in [0, 0.05) is 5.75 Å². The Morgan fingerprint density at radius 3 is 2.40 bits per heavy atom. The molecule has 0 spiro atoms. The molecule has 1 fully saturated rings. The van der Waals surface area contributed by atoms with Gasteiger partial charge in [-0.05, 0) is 36.7 Å². The molecule has 0 aliphatic carbocycles. The van der Waals surface area contributed by atoms with Crippen LogP contribution in [0.5, 0.6) is 0 Å². The maximum absolute atomic E-state index is 5.38. The predicted molar refractivity (Wildman–Crippen MR) is 46.0 cm³/mol. The van der Waals surface area contributed by atoms with E-state index in [1.165, 1.54) is 25.0 Å².